The lowest BCUT2D eigenvalue weighted by molar-refractivity contribution is -0.118. The second-order valence-electron chi connectivity index (χ2n) is 3.85. The predicted molar refractivity (Wildman–Crippen MR) is 69.7 cm³/mol. The number of aryl methyl sites for hydroxylation is 1. The highest BCUT2D eigenvalue weighted by Crippen LogP contribution is 2.25. The number of carbonyl (C=O) groups excluding carboxylic acids is 1. The van der Waals surface area contributed by atoms with Crippen molar-refractivity contribution in [1.82, 2.24) is 5.32 Å². The Morgan fingerprint density at radius 3 is 2.65 bits per heavy atom. The maximum absolute atomic E-state index is 10.8. The van der Waals surface area contributed by atoms with Crippen molar-refractivity contribution in [2.24, 2.45) is 0 Å². The molecule has 0 radical (unpaired) electrons. The summed E-state index contributed by atoms with van der Waals surface area (Å²) in [6.07, 6.45) is 0.429. The minimum absolute atomic E-state index is 0.0579. The minimum Gasteiger partial charge on any atom is -0.355 e. The molecule has 0 aromatic heterocycles. The van der Waals surface area contributed by atoms with Crippen LogP contribution in [0.5, 0.6) is 0 Å². The van der Waals surface area contributed by atoms with Crippen molar-refractivity contribution < 1.29 is 4.79 Å². The van der Waals surface area contributed by atoms with E-state index in [0.29, 0.717) is 13.0 Å². The Morgan fingerprint density at radius 1 is 1.47 bits per heavy atom. The van der Waals surface area contributed by atoms with Gasteiger partial charge in [0.1, 0.15) is 0 Å². The maximum atomic E-state index is 10.8. The van der Waals surface area contributed by atoms with Crippen molar-refractivity contribution in [2.45, 2.75) is 30.4 Å². The van der Waals surface area contributed by atoms with Gasteiger partial charge in [-0.2, -0.15) is 5.26 Å². The van der Waals surface area contributed by atoms with E-state index in [9.17, 15) is 4.79 Å². The molecule has 0 spiro atoms. The summed E-state index contributed by atoms with van der Waals surface area (Å²) in [5.74, 6) is -0.0579. The van der Waals surface area contributed by atoms with E-state index < -0.39 is 0 Å². The summed E-state index contributed by atoms with van der Waals surface area (Å²) in [5, 5.41) is 11.6. The number of nitriles is 1. The number of hydrogen-bond acceptors (Lipinski definition) is 3. The third-order valence-electron chi connectivity index (χ3n) is 2.22. The van der Waals surface area contributed by atoms with Gasteiger partial charge in [-0.25, -0.2) is 0 Å². The number of nitrogens with one attached hydrogen (secondary N) is 1. The van der Waals surface area contributed by atoms with Crippen LogP contribution in [0.2, 0.25) is 0 Å². The third kappa shape index (κ3) is 5.41. The van der Waals surface area contributed by atoms with Crippen molar-refractivity contribution in [1.29, 1.82) is 5.26 Å². The number of amides is 1. The largest absolute Gasteiger partial charge is 0.355 e. The first-order valence-electron chi connectivity index (χ1n) is 5.46. The van der Waals surface area contributed by atoms with Crippen LogP contribution in [-0.2, 0) is 4.79 Å². The first-order chi connectivity index (χ1) is 8.11. The van der Waals surface area contributed by atoms with E-state index >= 15 is 0 Å². The van der Waals surface area contributed by atoms with Crippen LogP contribution in [0, 0.1) is 18.3 Å². The zero-order chi connectivity index (χ0) is 12.7. The van der Waals surface area contributed by atoms with Crippen LogP contribution in [0.1, 0.15) is 18.9 Å². The topological polar surface area (TPSA) is 52.9 Å². The molecule has 1 amide bonds. The fraction of sp³-hybridized carbons (Fsp3) is 0.385. The Balaban J connectivity index is 2.56. The molecule has 0 aliphatic heterocycles. The molecule has 1 atom stereocenters. The number of rotatable bonds is 5. The van der Waals surface area contributed by atoms with E-state index in [1.54, 1.807) is 11.8 Å². The first kappa shape index (κ1) is 13.6. The molecule has 0 bridgehead atoms. The van der Waals surface area contributed by atoms with Crippen molar-refractivity contribution in [3.8, 4) is 6.07 Å². The monoisotopic (exact) mass is 248 g/mol. The van der Waals surface area contributed by atoms with Crippen LogP contribution in [0.15, 0.2) is 29.2 Å². The molecule has 0 saturated heterocycles. The molecule has 0 fully saturated rings. The second-order valence-corrected chi connectivity index (χ2v) is 5.23. The molecule has 17 heavy (non-hydrogen) atoms. The van der Waals surface area contributed by atoms with Crippen LogP contribution in [-0.4, -0.2) is 17.7 Å². The summed E-state index contributed by atoms with van der Waals surface area (Å²) in [7, 11) is 0. The third-order valence-corrected chi connectivity index (χ3v) is 3.43. The molecule has 1 aromatic rings. The lowest BCUT2D eigenvalue weighted by Crippen LogP contribution is -2.28. The van der Waals surface area contributed by atoms with E-state index in [2.05, 4.69) is 11.4 Å². The normalized spacial score (nSPS) is 11.6. The molecular weight excluding hydrogens is 232 g/mol. The van der Waals surface area contributed by atoms with Crippen molar-refractivity contribution >= 4 is 17.7 Å². The number of nitrogens with zero attached hydrogens (tertiary/aromatic N) is 1. The zero-order valence-electron chi connectivity index (χ0n) is 10.1. The van der Waals surface area contributed by atoms with Crippen molar-refractivity contribution in [3.05, 3.63) is 29.8 Å². The fourth-order valence-corrected chi connectivity index (χ4v) is 2.33. The van der Waals surface area contributed by atoms with Gasteiger partial charge in [-0.15, -0.1) is 11.8 Å². The van der Waals surface area contributed by atoms with E-state index in [-0.39, 0.29) is 11.2 Å². The Hall–Kier alpha value is -1.47. The van der Waals surface area contributed by atoms with Gasteiger partial charge >= 0.3 is 0 Å². The smallest absolute Gasteiger partial charge is 0.216 e. The number of benzene rings is 1. The molecule has 0 aliphatic carbocycles. The molecule has 4 heteroatoms. The molecule has 0 heterocycles. The second kappa shape index (κ2) is 6.97. The van der Waals surface area contributed by atoms with Gasteiger partial charge in [0.2, 0.25) is 5.91 Å². The van der Waals surface area contributed by atoms with Gasteiger partial charge in [-0.1, -0.05) is 17.7 Å². The standard InChI is InChI=1S/C13H16N2OS/c1-10-3-5-12(6-4-10)17-13(7-8-14)9-15-11(2)16/h3-6,13H,7,9H2,1-2H3,(H,15,16). The molecular formula is C13H16N2OS. The highest BCUT2D eigenvalue weighted by atomic mass is 32.2. The molecule has 1 N–H and O–H groups in total. The van der Waals surface area contributed by atoms with Crippen LogP contribution in [0.3, 0.4) is 0 Å². The molecule has 1 rings (SSSR count). The Bertz CT molecular complexity index is 408. The molecule has 90 valence electrons. The average molecular weight is 248 g/mol. The van der Waals surface area contributed by atoms with Gasteiger partial charge in [0.25, 0.3) is 0 Å². The number of thioether (sulfide) groups is 1. The fourth-order valence-electron chi connectivity index (χ4n) is 1.32. The van der Waals surface area contributed by atoms with Crippen LogP contribution < -0.4 is 5.32 Å². The van der Waals surface area contributed by atoms with Gasteiger partial charge in [0.05, 0.1) is 6.07 Å². The van der Waals surface area contributed by atoms with Crippen molar-refractivity contribution in [2.75, 3.05) is 6.54 Å². The van der Waals surface area contributed by atoms with Gasteiger partial charge in [-0.05, 0) is 19.1 Å². The molecule has 0 saturated carbocycles. The lowest BCUT2D eigenvalue weighted by Gasteiger charge is -2.13. The van der Waals surface area contributed by atoms with E-state index in [1.165, 1.54) is 12.5 Å². The van der Waals surface area contributed by atoms with Crippen molar-refractivity contribution in [3.63, 3.8) is 0 Å². The minimum atomic E-state index is -0.0579. The van der Waals surface area contributed by atoms with Crippen LogP contribution in [0.25, 0.3) is 0 Å². The summed E-state index contributed by atoms with van der Waals surface area (Å²) in [4.78, 5) is 12.0. The van der Waals surface area contributed by atoms with E-state index in [0.717, 1.165) is 4.90 Å². The van der Waals surface area contributed by atoms with Gasteiger partial charge in [0, 0.05) is 30.0 Å². The quantitative estimate of drug-likeness (QED) is 0.815. The highest BCUT2D eigenvalue weighted by molar-refractivity contribution is 8.00. The van der Waals surface area contributed by atoms with Crippen LogP contribution >= 0.6 is 11.8 Å². The lowest BCUT2D eigenvalue weighted by atomic mass is 10.2. The van der Waals surface area contributed by atoms with E-state index in [4.69, 9.17) is 5.26 Å². The Kier molecular flexibility index (Phi) is 5.58. The van der Waals surface area contributed by atoms with Gasteiger partial charge in [0.15, 0.2) is 0 Å². The Labute approximate surface area is 106 Å². The SMILES string of the molecule is CC(=O)NCC(CC#N)Sc1ccc(C)cc1. The summed E-state index contributed by atoms with van der Waals surface area (Å²) in [6.45, 7) is 4.06. The van der Waals surface area contributed by atoms with E-state index in [1.807, 2.05) is 31.2 Å². The summed E-state index contributed by atoms with van der Waals surface area (Å²) in [5.41, 5.74) is 1.22. The number of carbonyl (C=O) groups is 1. The highest BCUT2D eigenvalue weighted by Gasteiger charge is 2.10. The first-order valence-corrected chi connectivity index (χ1v) is 6.34. The molecule has 1 unspecified atom stereocenters. The molecule has 1 aromatic carbocycles. The molecule has 3 nitrogen and oxygen atoms in total. The number of hydrogen-bond donors (Lipinski definition) is 1. The summed E-state index contributed by atoms with van der Waals surface area (Å²) in [6, 6.07) is 10.3. The van der Waals surface area contributed by atoms with Crippen LogP contribution in [0.4, 0.5) is 0 Å². The predicted octanol–water partition coefficient (Wildman–Crippen LogP) is 2.51. The van der Waals surface area contributed by atoms with Gasteiger partial charge in [-0.3, -0.25) is 4.79 Å². The van der Waals surface area contributed by atoms with Gasteiger partial charge < -0.3 is 5.32 Å². The summed E-state index contributed by atoms with van der Waals surface area (Å²) >= 11 is 1.63. The maximum Gasteiger partial charge on any atom is 0.216 e. The molecule has 0 aliphatic rings. The Morgan fingerprint density at radius 2 is 2.12 bits per heavy atom. The zero-order valence-corrected chi connectivity index (χ0v) is 10.9. The average Bonchev–Trinajstić information content (AvgIpc) is 2.29. The summed E-state index contributed by atoms with van der Waals surface area (Å²) < 4.78 is 0.